The van der Waals surface area contributed by atoms with Crippen molar-refractivity contribution >= 4 is 21.0 Å². The zero-order valence-electron chi connectivity index (χ0n) is 11.0. The predicted octanol–water partition coefficient (Wildman–Crippen LogP) is 2.97. The van der Waals surface area contributed by atoms with E-state index < -0.39 is 9.76 Å². The van der Waals surface area contributed by atoms with E-state index in [1.165, 1.54) is 5.19 Å². The average molecular weight is 258 g/mol. The summed E-state index contributed by atoms with van der Waals surface area (Å²) in [6.07, 6.45) is 8.99. The second-order valence-corrected chi connectivity index (χ2v) is 5.71. The Morgan fingerprint density at radius 3 is 2.39 bits per heavy atom. The van der Waals surface area contributed by atoms with Gasteiger partial charge in [0.15, 0.2) is 9.76 Å². The summed E-state index contributed by atoms with van der Waals surface area (Å²) >= 11 is 0. The maximum absolute atomic E-state index is 6.04. The first kappa shape index (κ1) is 14.7. The molecule has 0 bridgehead atoms. The molecule has 0 aliphatic heterocycles. The molecule has 1 rings (SSSR count). The Kier molecular flexibility index (Phi) is 7.07. The summed E-state index contributed by atoms with van der Waals surface area (Å²) < 4.78 is 6.04. The predicted molar refractivity (Wildman–Crippen MR) is 83.8 cm³/mol. The van der Waals surface area contributed by atoms with Crippen molar-refractivity contribution in [2.24, 2.45) is 0 Å². The van der Waals surface area contributed by atoms with Gasteiger partial charge in [-0.25, -0.2) is 0 Å². The van der Waals surface area contributed by atoms with Gasteiger partial charge < -0.3 is 4.43 Å². The van der Waals surface area contributed by atoms with E-state index in [1.807, 2.05) is 18.2 Å². The minimum absolute atomic E-state index is 0.297. The van der Waals surface area contributed by atoms with Gasteiger partial charge in [0.25, 0.3) is 0 Å². The molecule has 2 heteroatoms. The van der Waals surface area contributed by atoms with Crippen molar-refractivity contribution in [2.75, 3.05) is 0 Å². The van der Waals surface area contributed by atoms with Crippen LogP contribution < -0.4 is 5.19 Å². The molecule has 0 saturated heterocycles. The van der Waals surface area contributed by atoms with Gasteiger partial charge in [-0.2, -0.15) is 0 Å². The van der Waals surface area contributed by atoms with Gasteiger partial charge in [0.2, 0.25) is 0 Å². The number of allylic oxidation sites excluding steroid dienone is 1. The molecule has 96 valence electrons. The molecule has 0 heterocycles. The molecule has 0 fully saturated rings. The van der Waals surface area contributed by atoms with Crippen LogP contribution in [0.5, 0.6) is 0 Å². The molecule has 1 nitrogen and oxygen atoms in total. The maximum Gasteiger partial charge on any atom is 0.192 e. The second-order valence-electron chi connectivity index (χ2n) is 4.27. The van der Waals surface area contributed by atoms with Gasteiger partial charge in [-0.3, -0.25) is 0 Å². The summed E-state index contributed by atoms with van der Waals surface area (Å²) in [6.45, 7) is 11.3. The van der Waals surface area contributed by atoms with Crippen LogP contribution in [0.2, 0.25) is 0 Å². The second kappa shape index (κ2) is 8.67. The van der Waals surface area contributed by atoms with E-state index in [0.717, 1.165) is 24.8 Å². The lowest BCUT2D eigenvalue weighted by Crippen LogP contribution is -2.23. The Balaban J connectivity index is 2.46. The van der Waals surface area contributed by atoms with Crippen LogP contribution in [0.3, 0.4) is 0 Å². The Morgan fingerprint density at radius 2 is 1.83 bits per heavy atom. The van der Waals surface area contributed by atoms with Crippen LogP contribution >= 0.6 is 0 Å². The highest BCUT2D eigenvalue weighted by Gasteiger charge is 2.06. The van der Waals surface area contributed by atoms with Gasteiger partial charge in [-0.15, -0.1) is 13.2 Å². The van der Waals surface area contributed by atoms with Crippen LogP contribution in [0, 0.1) is 0 Å². The van der Waals surface area contributed by atoms with E-state index >= 15 is 0 Å². The lowest BCUT2D eigenvalue weighted by Gasteiger charge is -2.15. The molecule has 0 aromatic heterocycles. The Labute approximate surface area is 113 Å². The number of benzene rings is 1. The van der Waals surface area contributed by atoms with Crippen LogP contribution in [-0.2, 0) is 4.43 Å². The summed E-state index contributed by atoms with van der Waals surface area (Å²) in [5.74, 6) is 0. The zero-order valence-corrected chi connectivity index (χ0v) is 12.4. The van der Waals surface area contributed by atoms with Crippen molar-refractivity contribution in [2.45, 2.75) is 25.4 Å². The minimum Gasteiger partial charge on any atom is -0.415 e. The normalized spacial score (nSPS) is 12.4. The third-order valence-corrected chi connectivity index (χ3v) is 4.27. The lowest BCUT2D eigenvalue weighted by molar-refractivity contribution is 0.209. The summed E-state index contributed by atoms with van der Waals surface area (Å²) in [7, 11) is -0.647. The summed E-state index contributed by atoms with van der Waals surface area (Å²) in [6, 6.07) is 8.46. The summed E-state index contributed by atoms with van der Waals surface area (Å²) in [5, 5.41) is 1.33. The molecule has 1 unspecified atom stereocenters. The van der Waals surface area contributed by atoms with E-state index in [1.54, 1.807) is 0 Å². The van der Waals surface area contributed by atoms with Crippen LogP contribution in [0.25, 0.3) is 6.08 Å². The monoisotopic (exact) mass is 258 g/mol. The smallest absolute Gasteiger partial charge is 0.192 e. The van der Waals surface area contributed by atoms with E-state index in [4.69, 9.17) is 4.43 Å². The van der Waals surface area contributed by atoms with Crippen LogP contribution in [0.4, 0.5) is 0 Å². The van der Waals surface area contributed by atoms with Crippen molar-refractivity contribution in [1.82, 2.24) is 0 Å². The van der Waals surface area contributed by atoms with Crippen molar-refractivity contribution in [1.29, 1.82) is 0 Å². The Bertz CT molecular complexity index is 381. The fourth-order valence-electron chi connectivity index (χ4n) is 1.72. The highest BCUT2D eigenvalue weighted by atomic mass is 28.2. The average Bonchev–Trinajstić information content (AvgIpc) is 2.42. The number of hydrogen-bond donors (Lipinski definition) is 0. The summed E-state index contributed by atoms with van der Waals surface area (Å²) in [5.41, 5.74) is 1.15. The van der Waals surface area contributed by atoms with Gasteiger partial charge >= 0.3 is 0 Å². The molecule has 1 atom stereocenters. The number of hydrogen-bond acceptors (Lipinski definition) is 1. The molecule has 18 heavy (non-hydrogen) atoms. The highest BCUT2D eigenvalue weighted by molar-refractivity contribution is 6.46. The molecule has 0 saturated carbocycles. The topological polar surface area (TPSA) is 9.23 Å². The molecule has 0 radical (unpaired) electrons. The Morgan fingerprint density at radius 1 is 1.11 bits per heavy atom. The van der Waals surface area contributed by atoms with Gasteiger partial charge in [-0.05, 0) is 30.0 Å². The fourth-order valence-corrected chi connectivity index (χ4v) is 2.88. The third kappa shape index (κ3) is 5.30. The van der Waals surface area contributed by atoms with E-state index in [9.17, 15) is 0 Å². The molecule has 0 N–H and O–H groups in total. The number of rotatable bonds is 9. The van der Waals surface area contributed by atoms with Crippen molar-refractivity contribution in [3.8, 4) is 0 Å². The lowest BCUT2D eigenvalue weighted by atomic mass is 10.1. The van der Waals surface area contributed by atoms with Crippen LogP contribution in [-0.4, -0.2) is 15.9 Å². The quantitative estimate of drug-likeness (QED) is 0.489. The molecular weight excluding hydrogens is 236 g/mol. The minimum atomic E-state index is -0.647. The maximum atomic E-state index is 6.04. The standard InChI is InChI=1S/C16H22OSi/c1-4-7-9-15(8-5-2)17-18-16-12-10-14(6-3)11-13-16/h4-6,10-13,15H,1-3,7-9,18H2. The molecule has 0 spiro atoms. The molecule has 0 aliphatic rings. The van der Waals surface area contributed by atoms with Crippen molar-refractivity contribution in [3.05, 3.63) is 61.7 Å². The SMILES string of the molecule is C=CCCC(CC=C)O[SiH2]c1ccc(C=C)cc1. The van der Waals surface area contributed by atoms with Crippen molar-refractivity contribution in [3.63, 3.8) is 0 Å². The van der Waals surface area contributed by atoms with Crippen LogP contribution in [0.15, 0.2) is 56.2 Å². The van der Waals surface area contributed by atoms with E-state index in [0.29, 0.717) is 6.10 Å². The van der Waals surface area contributed by atoms with Gasteiger partial charge in [0.1, 0.15) is 0 Å². The molecule has 0 amide bonds. The zero-order chi connectivity index (χ0) is 13.2. The molecular formula is C16H22OSi. The molecule has 1 aromatic carbocycles. The van der Waals surface area contributed by atoms with Gasteiger partial charge in [0.05, 0.1) is 0 Å². The largest absolute Gasteiger partial charge is 0.415 e. The first-order valence-corrected chi connectivity index (χ1v) is 7.63. The van der Waals surface area contributed by atoms with Gasteiger partial charge in [0, 0.05) is 6.10 Å². The fraction of sp³-hybridized carbons (Fsp3) is 0.250. The first-order valence-electron chi connectivity index (χ1n) is 6.35. The van der Waals surface area contributed by atoms with E-state index in [2.05, 4.69) is 44.0 Å². The van der Waals surface area contributed by atoms with Crippen molar-refractivity contribution < 1.29 is 4.43 Å². The third-order valence-electron chi connectivity index (χ3n) is 2.82. The van der Waals surface area contributed by atoms with Crippen LogP contribution in [0.1, 0.15) is 24.8 Å². The molecule has 1 aromatic rings. The summed E-state index contributed by atoms with van der Waals surface area (Å²) in [4.78, 5) is 0. The first-order chi connectivity index (χ1) is 8.80. The highest BCUT2D eigenvalue weighted by Crippen LogP contribution is 2.07. The molecule has 0 aliphatic carbocycles. The van der Waals surface area contributed by atoms with E-state index in [-0.39, 0.29) is 0 Å². The Hall–Kier alpha value is -1.38. The van der Waals surface area contributed by atoms with Gasteiger partial charge in [-0.1, -0.05) is 49.1 Å².